The Hall–Kier alpha value is -1.41. The topological polar surface area (TPSA) is 69.9 Å². The maximum Gasteiger partial charge on any atom is 0.707 e. The van der Waals surface area contributed by atoms with Gasteiger partial charge in [0.25, 0.3) is 0 Å². The number of hydrogen-bond donors (Lipinski definition) is 3. The Bertz CT molecular complexity index is 368. The van der Waals surface area contributed by atoms with Crippen LogP contribution in [0.1, 0.15) is 11.1 Å². The fourth-order valence-electron chi connectivity index (χ4n) is 1.18. The molecule has 0 aromatic heterocycles. The number of benzene rings is 1. The second-order valence-corrected chi connectivity index (χ2v) is 3.08. The number of alkyl halides is 3. The summed E-state index contributed by atoms with van der Waals surface area (Å²) in [4.78, 5) is 0. The molecule has 0 saturated heterocycles. The molecule has 3 N–H and O–H groups in total. The van der Waals surface area contributed by atoms with E-state index in [9.17, 15) is 18.3 Å². The van der Waals surface area contributed by atoms with Crippen molar-refractivity contribution < 1.29 is 33.0 Å². The van der Waals surface area contributed by atoms with Gasteiger partial charge in [-0.25, -0.2) is 0 Å². The lowest BCUT2D eigenvalue weighted by Crippen LogP contribution is -2.21. The molecule has 0 bridgehead atoms. The summed E-state index contributed by atoms with van der Waals surface area (Å²) in [7, 11) is -2.21. The molecule has 1 aromatic carbocycles. The maximum absolute atomic E-state index is 12.3. The zero-order valence-corrected chi connectivity index (χ0v) is 8.12. The fraction of sp³-hybridized carbons (Fsp3) is 0.250. The van der Waals surface area contributed by atoms with Gasteiger partial charge in [0.2, 0.25) is 0 Å². The lowest BCUT2D eigenvalue weighted by molar-refractivity contribution is -0.137. The SMILES string of the molecule is Cc1cc(C(F)(F)F)cc(O)c1OB(O)O. The van der Waals surface area contributed by atoms with Crippen LogP contribution in [0.4, 0.5) is 13.2 Å². The van der Waals surface area contributed by atoms with E-state index in [0.717, 1.165) is 6.07 Å². The van der Waals surface area contributed by atoms with Crippen LogP contribution in [0.5, 0.6) is 11.5 Å². The van der Waals surface area contributed by atoms with Crippen molar-refractivity contribution in [1.29, 1.82) is 0 Å². The van der Waals surface area contributed by atoms with Crippen molar-refractivity contribution in [2.75, 3.05) is 0 Å². The molecule has 16 heavy (non-hydrogen) atoms. The minimum absolute atomic E-state index is 0.0552. The molecule has 0 amide bonds. The molecule has 0 fully saturated rings. The monoisotopic (exact) mass is 236 g/mol. The van der Waals surface area contributed by atoms with Gasteiger partial charge in [-0.05, 0) is 24.6 Å². The van der Waals surface area contributed by atoms with Gasteiger partial charge in [0.1, 0.15) is 5.75 Å². The molecule has 8 heteroatoms. The summed E-state index contributed by atoms with van der Waals surface area (Å²) >= 11 is 0. The Morgan fingerprint density at radius 3 is 2.19 bits per heavy atom. The van der Waals surface area contributed by atoms with Gasteiger partial charge in [-0.3, -0.25) is 0 Å². The molecule has 0 aliphatic rings. The summed E-state index contributed by atoms with van der Waals surface area (Å²) in [5.41, 5.74) is -1.09. The second kappa shape index (κ2) is 4.22. The van der Waals surface area contributed by atoms with Crippen molar-refractivity contribution in [1.82, 2.24) is 0 Å². The first-order chi connectivity index (χ1) is 7.21. The van der Waals surface area contributed by atoms with Crippen molar-refractivity contribution in [3.05, 3.63) is 23.3 Å². The molecule has 0 atom stereocenters. The van der Waals surface area contributed by atoms with Crippen molar-refractivity contribution in [2.24, 2.45) is 0 Å². The zero-order chi connectivity index (χ0) is 12.5. The molecule has 1 aromatic rings. The van der Waals surface area contributed by atoms with Gasteiger partial charge in [0, 0.05) is 0 Å². The number of aryl methyl sites for hydroxylation is 1. The van der Waals surface area contributed by atoms with Gasteiger partial charge in [0.05, 0.1) is 5.56 Å². The second-order valence-electron chi connectivity index (χ2n) is 3.08. The van der Waals surface area contributed by atoms with E-state index in [4.69, 9.17) is 10.0 Å². The highest BCUT2D eigenvalue weighted by Gasteiger charge is 2.32. The Labute approximate surface area is 89.1 Å². The standard InChI is InChI=1S/C8H8BF3O4/c1-4-2-5(8(10,11)12)3-6(13)7(4)16-9(14)15/h2-3,13-15H,1H3. The van der Waals surface area contributed by atoms with E-state index in [1.807, 2.05) is 0 Å². The van der Waals surface area contributed by atoms with Gasteiger partial charge in [0.15, 0.2) is 5.75 Å². The lowest BCUT2D eigenvalue weighted by Gasteiger charge is -2.13. The highest BCUT2D eigenvalue weighted by atomic mass is 19.4. The normalized spacial score (nSPS) is 11.4. The Kier molecular flexibility index (Phi) is 3.34. The highest BCUT2D eigenvalue weighted by Crippen LogP contribution is 2.38. The van der Waals surface area contributed by atoms with Crippen LogP contribution in [0, 0.1) is 6.92 Å². The molecule has 1 rings (SSSR count). The third-order valence-corrected chi connectivity index (χ3v) is 1.81. The first-order valence-corrected chi connectivity index (χ1v) is 4.15. The van der Waals surface area contributed by atoms with Crippen molar-refractivity contribution in [3.63, 3.8) is 0 Å². The number of aromatic hydroxyl groups is 1. The van der Waals surface area contributed by atoms with Crippen molar-refractivity contribution in [3.8, 4) is 11.5 Å². The Morgan fingerprint density at radius 2 is 1.81 bits per heavy atom. The number of halogens is 3. The summed E-state index contributed by atoms with van der Waals surface area (Å²) in [6.07, 6.45) is -4.58. The van der Waals surface area contributed by atoms with E-state index >= 15 is 0 Å². The molecule has 0 spiro atoms. The van der Waals surface area contributed by atoms with Gasteiger partial charge in [-0.15, -0.1) is 0 Å². The van der Waals surface area contributed by atoms with Crippen LogP contribution in [-0.4, -0.2) is 22.5 Å². The quantitative estimate of drug-likeness (QED) is 0.671. The molecule has 0 unspecified atom stereocenters. The average Bonchev–Trinajstić information content (AvgIpc) is 2.09. The summed E-state index contributed by atoms with van der Waals surface area (Å²) < 4.78 is 41.2. The van der Waals surface area contributed by atoms with Crippen LogP contribution in [0.15, 0.2) is 12.1 Å². The summed E-state index contributed by atoms with van der Waals surface area (Å²) in [5.74, 6) is -1.21. The summed E-state index contributed by atoms with van der Waals surface area (Å²) in [5, 5.41) is 26.2. The molecule has 0 heterocycles. The third kappa shape index (κ3) is 2.80. The molecular weight excluding hydrogens is 228 g/mol. The first kappa shape index (κ1) is 12.7. The number of rotatable bonds is 2. The third-order valence-electron chi connectivity index (χ3n) is 1.81. The van der Waals surface area contributed by atoms with Gasteiger partial charge >= 0.3 is 13.5 Å². The van der Waals surface area contributed by atoms with Crippen LogP contribution in [-0.2, 0) is 6.18 Å². The first-order valence-electron chi connectivity index (χ1n) is 4.15. The van der Waals surface area contributed by atoms with E-state index in [2.05, 4.69) is 4.65 Å². The van der Waals surface area contributed by atoms with Crippen LogP contribution in [0.25, 0.3) is 0 Å². The number of phenolic OH excluding ortho intramolecular Hbond substituents is 1. The van der Waals surface area contributed by atoms with Crippen molar-refractivity contribution >= 4 is 7.32 Å². The summed E-state index contributed by atoms with van der Waals surface area (Å²) in [6.45, 7) is 1.24. The van der Waals surface area contributed by atoms with Crippen LogP contribution >= 0.6 is 0 Å². The van der Waals surface area contributed by atoms with Gasteiger partial charge < -0.3 is 19.8 Å². The minimum Gasteiger partial charge on any atom is -0.509 e. The van der Waals surface area contributed by atoms with Gasteiger partial charge in [-0.2, -0.15) is 13.2 Å². The zero-order valence-electron chi connectivity index (χ0n) is 8.12. The van der Waals surface area contributed by atoms with Crippen molar-refractivity contribution in [2.45, 2.75) is 13.1 Å². The lowest BCUT2D eigenvalue weighted by atomic mass is 10.1. The molecule has 4 nitrogen and oxygen atoms in total. The minimum atomic E-state index is -4.58. The van der Waals surface area contributed by atoms with Crippen LogP contribution in [0.2, 0.25) is 0 Å². The van der Waals surface area contributed by atoms with E-state index in [-0.39, 0.29) is 5.56 Å². The van der Waals surface area contributed by atoms with Gasteiger partial charge in [-0.1, -0.05) is 0 Å². The number of phenols is 1. The smallest absolute Gasteiger partial charge is 0.509 e. The van der Waals surface area contributed by atoms with Crippen LogP contribution < -0.4 is 4.65 Å². The Morgan fingerprint density at radius 1 is 1.25 bits per heavy atom. The fourth-order valence-corrected chi connectivity index (χ4v) is 1.18. The molecule has 0 saturated carbocycles. The van der Waals surface area contributed by atoms with E-state index in [1.54, 1.807) is 0 Å². The molecular formula is C8H8BF3O4. The predicted molar refractivity (Wildman–Crippen MR) is 48.7 cm³/mol. The van der Waals surface area contributed by atoms with Crippen LogP contribution in [0.3, 0.4) is 0 Å². The largest absolute Gasteiger partial charge is 0.707 e. The maximum atomic E-state index is 12.3. The van der Waals surface area contributed by atoms with E-state index in [1.165, 1.54) is 6.92 Å². The molecule has 0 radical (unpaired) electrons. The molecule has 88 valence electrons. The number of hydrogen-bond acceptors (Lipinski definition) is 4. The predicted octanol–water partition coefficient (Wildman–Crippen LogP) is 1.07. The molecule has 0 aliphatic heterocycles. The van der Waals surface area contributed by atoms with E-state index in [0.29, 0.717) is 6.07 Å². The average molecular weight is 236 g/mol. The van der Waals surface area contributed by atoms with E-state index < -0.39 is 30.6 Å². The highest BCUT2D eigenvalue weighted by molar-refractivity contribution is 6.33. The molecule has 0 aliphatic carbocycles. The Balaban J connectivity index is 3.18. The summed E-state index contributed by atoms with van der Waals surface area (Å²) in [6, 6.07) is 1.18.